The molecule has 0 N–H and O–H groups in total. The van der Waals surface area contributed by atoms with Crippen molar-refractivity contribution < 1.29 is 43.3 Å². The highest BCUT2D eigenvalue weighted by molar-refractivity contribution is 6.31. The first-order chi connectivity index (χ1) is 59.0. The Morgan fingerprint density at radius 2 is 0.544 bits per heavy atom. The molecule has 13 nitrogen and oxygen atoms in total. The van der Waals surface area contributed by atoms with Crippen molar-refractivity contribution >= 4 is 86.5 Å². The molecule has 8 atom stereocenters. The number of halogens is 2. The van der Waals surface area contributed by atoms with Gasteiger partial charge in [-0.25, -0.2) is 9.69 Å². The summed E-state index contributed by atoms with van der Waals surface area (Å²) >= 11 is 11.5. The number of nitro benzene ring substituents is 1. The summed E-state index contributed by atoms with van der Waals surface area (Å²) in [6.45, 7) is 35.5. The van der Waals surface area contributed by atoms with Crippen LogP contribution in [0.4, 0.5) is 17.1 Å². The van der Waals surface area contributed by atoms with Crippen LogP contribution in [0.5, 0.6) is 0 Å². The van der Waals surface area contributed by atoms with Crippen molar-refractivity contribution in [3.63, 3.8) is 0 Å². The molecule has 0 spiro atoms. The number of Topliss-reactive ketones (excluding diaryl/α,β-unsaturated/α-hetero) is 8. The minimum atomic E-state index is -0.512. The molecule has 0 bridgehead atoms. The Balaban J connectivity index is 0.00000140. The van der Waals surface area contributed by atoms with Crippen LogP contribution >= 0.6 is 23.2 Å². The molecule has 8 unspecified atom stereocenters. The topological polar surface area (TPSA) is 188 Å². The molecule has 0 saturated heterocycles. The van der Waals surface area contributed by atoms with E-state index in [-0.39, 0.29) is 107 Å². The Hall–Kier alpha value is -13.4. The Morgan fingerprint density at radius 1 is 0.304 bits per heavy atom. The van der Waals surface area contributed by atoms with Crippen molar-refractivity contribution in [3.05, 3.63) is 298 Å². The minimum Gasteiger partial charge on any atom is -0.294 e. The summed E-state index contributed by atoms with van der Waals surface area (Å²) in [5, 5.41) is 11.8. The van der Waals surface area contributed by atoms with Crippen LogP contribution < -0.4 is 0 Å². The van der Waals surface area contributed by atoms with Gasteiger partial charge in [0.15, 0.2) is 57.6 Å². The molecule has 0 heterocycles. The average Bonchev–Trinajstić information content (AvgIpc) is 1.38. The van der Waals surface area contributed by atoms with Gasteiger partial charge in [-0.1, -0.05) is 236 Å². The van der Waals surface area contributed by atoms with Gasteiger partial charge in [-0.05, 0) is 117 Å². The van der Waals surface area contributed by atoms with E-state index in [0.717, 1.165) is 22.3 Å². The molecule has 8 aromatic rings. The Bertz CT molecular complexity index is 4980. The van der Waals surface area contributed by atoms with E-state index in [9.17, 15) is 48.5 Å². The number of rotatable bonds is 33. The van der Waals surface area contributed by atoms with Crippen LogP contribution in [0.3, 0.4) is 0 Å². The van der Waals surface area contributed by atoms with Crippen LogP contribution in [0.2, 0.25) is 10.0 Å². The fourth-order valence-corrected chi connectivity index (χ4v) is 11.8. The molecule has 125 heavy (non-hydrogen) atoms. The molecular formula is C110H117Cl2N3O10. The lowest BCUT2D eigenvalue weighted by molar-refractivity contribution is -0.384. The SMILES string of the molecule is C.C#CCC(C)CC(=O)c1ccc(C)cc1.C#CCC(C)CC(=O)c1ccc(C)cc1.C#CCC(C)CC(=O)c1ccc(Cl)cc1.C#CCC(C)CC(=O)c1cccc(C)c1.C#CCC(C)CC(=O)c1cccc(Cl)c1.C#CCC(C)CC(=O)c1cccc([N+](=O)[O-])c1.[C-]#[N+]c1ccc(C(=O)CC(C)CC#C)cc1.[C-]#[N+]c1cccc(C(=O)CC(C)CC#C)c1. The maximum Gasteiger partial charge on any atom is 0.270 e. The third kappa shape index (κ3) is 49.3. The van der Waals surface area contributed by atoms with E-state index < -0.39 is 4.92 Å². The van der Waals surface area contributed by atoms with E-state index >= 15 is 0 Å². The fourth-order valence-electron chi connectivity index (χ4n) is 11.5. The van der Waals surface area contributed by atoms with Crippen LogP contribution in [-0.4, -0.2) is 51.2 Å². The first kappa shape index (κ1) is 112. The predicted molar refractivity (Wildman–Crippen MR) is 514 cm³/mol. The molecular weight excluding hydrogens is 1590 g/mol. The smallest absolute Gasteiger partial charge is 0.270 e. The van der Waals surface area contributed by atoms with Crippen molar-refractivity contribution in [3.8, 4) is 98.8 Å². The summed E-state index contributed by atoms with van der Waals surface area (Å²) in [6, 6.07) is 56.2. The molecule has 646 valence electrons. The van der Waals surface area contributed by atoms with Gasteiger partial charge in [-0.15, -0.1) is 98.8 Å². The summed E-state index contributed by atoms with van der Waals surface area (Å²) < 4.78 is 0. The van der Waals surface area contributed by atoms with E-state index in [1.165, 1.54) is 29.3 Å². The highest BCUT2D eigenvalue weighted by atomic mass is 35.5. The monoisotopic (exact) mass is 1710 g/mol. The van der Waals surface area contributed by atoms with Gasteiger partial charge in [0.05, 0.1) is 18.1 Å². The molecule has 0 saturated carbocycles. The number of benzene rings is 8. The number of hydrogen-bond acceptors (Lipinski definition) is 10. The largest absolute Gasteiger partial charge is 0.294 e. The first-order valence-electron chi connectivity index (χ1n) is 40.7. The van der Waals surface area contributed by atoms with E-state index in [2.05, 4.69) is 57.1 Å². The quantitative estimate of drug-likeness (QED) is 0.0126. The number of carbonyl (C=O) groups is 8. The molecule has 0 radical (unpaired) electrons. The van der Waals surface area contributed by atoms with Gasteiger partial charge in [0.25, 0.3) is 5.69 Å². The van der Waals surface area contributed by atoms with Crippen LogP contribution in [0.1, 0.15) is 265 Å². The van der Waals surface area contributed by atoms with Gasteiger partial charge in [0.1, 0.15) is 0 Å². The van der Waals surface area contributed by atoms with Gasteiger partial charge >= 0.3 is 0 Å². The summed E-state index contributed by atoms with van der Waals surface area (Å²) in [4.78, 5) is 111. The van der Waals surface area contributed by atoms with Gasteiger partial charge in [0.2, 0.25) is 0 Å². The maximum atomic E-state index is 11.8. The van der Waals surface area contributed by atoms with Crippen LogP contribution in [-0.2, 0) is 0 Å². The number of nitrogens with zero attached hydrogens (tertiary/aromatic N) is 3. The van der Waals surface area contributed by atoms with E-state index in [0.29, 0.717) is 152 Å². The zero-order chi connectivity index (χ0) is 93.1. The molecule has 0 aliphatic rings. The van der Waals surface area contributed by atoms with Crippen LogP contribution in [0.25, 0.3) is 9.69 Å². The van der Waals surface area contributed by atoms with Gasteiger partial charge in [-0.3, -0.25) is 48.5 Å². The number of aryl methyl sites for hydroxylation is 3. The molecule has 15 heteroatoms. The molecule has 0 aliphatic heterocycles. The van der Waals surface area contributed by atoms with Crippen molar-refractivity contribution in [1.82, 2.24) is 0 Å². The average molecular weight is 1710 g/mol. The second kappa shape index (κ2) is 64.4. The number of nitro groups is 1. The number of carbonyl (C=O) groups excluding carboxylic acids is 8. The zero-order valence-electron chi connectivity index (χ0n) is 73.2. The van der Waals surface area contributed by atoms with Crippen molar-refractivity contribution in [2.75, 3.05) is 0 Å². The van der Waals surface area contributed by atoms with Crippen molar-refractivity contribution in [2.24, 2.45) is 47.3 Å². The Labute approximate surface area is 755 Å². The van der Waals surface area contributed by atoms with Crippen LogP contribution in [0.15, 0.2) is 194 Å². The van der Waals surface area contributed by atoms with Crippen molar-refractivity contribution in [1.29, 1.82) is 0 Å². The third-order valence-electron chi connectivity index (χ3n) is 18.4. The standard InChI is InChI=1S/2C14H13NO.3C14H16O.2C13H13ClO.C13H13NO3.CH4/c1-4-6-11(2)9-14(16)12-7-5-8-13(10-12)15-3;1-4-5-11(2)10-14(16)12-6-8-13(15-3)9-7-12;1-4-6-11(2)10-14(15)13-8-5-7-12(3)9-13;2*1-4-5-12(3)10-14(15)13-8-6-11(2)7-9-13;1-3-5-10(2)8-13(15)11-6-4-7-12(14)9-11;1-3-4-10(2)9-13(15)11-5-7-12(14)8-6-11;1-3-5-10(2)8-13(15)11-6-4-7-12(9-11)14(16)17;/h1,5,7-8,10-11H,6,9H2,2H3;1,6-9,11H,5,10H2,2H3;1,5,7-9,11H,6,10H2,2-3H3;2*1,6-9,12H,5,10H2,2-3H3;1,4,6-7,9-10H,5,8H2,2H3;1,5-8,10H,4,9H2,2H3;1,4,6-7,9-10H,5,8H2,2H3;1H4. The summed E-state index contributed by atoms with van der Waals surface area (Å²) in [5.74, 6) is 23.0. The minimum absolute atomic E-state index is 0. The molecule has 0 aliphatic carbocycles. The van der Waals surface area contributed by atoms with Crippen molar-refractivity contribution in [2.45, 2.75) is 186 Å². The van der Waals surface area contributed by atoms with E-state index in [4.69, 9.17) is 87.7 Å². The van der Waals surface area contributed by atoms with E-state index in [1.807, 2.05) is 149 Å². The lowest BCUT2D eigenvalue weighted by atomic mass is 9.97. The van der Waals surface area contributed by atoms with Crippen LogP contribution in [0, 0.1) is 190 Å². The summed E-state index contributed by atoms with van der Waals surface area (Å²) in [6.07, 6.45) is 50.3. The highest BCUT2D eigenvalue weighted by Gasteiger charge is 2.19. The Morgan fingerprint density at radius 3 is 0.816 bits per heavy atom. The first-order valence-corrected chi connectivity index (χ1v) is 41.4. The van der Waals surface area contributed by atoms with Gasteiger partial charge in [0, 0.05) is 169 Å². The highest BCUT2D eigenvalue weighted by Crippen LogP contribution is 2.24. The molecule has 8 rings (SSSR count). The third-order valence-corrected chi connectivity index (χ3v) is 18.9. The predicted octanol–water partition coefficient (Wildman–Crippen LogP) is 27.2. The molecule has 8 aromatic carbocycles. The molecule has 0 fully saturated rings. The van der Waals surface area contributed by atoms with Gasteiger partial charge < -0.3 is 0 Å². The molecule has 0 amide bonds. The lowest BCUT2D eigenvalue weighted by Gasteiger charge is -2.06. The van der Waals surface area contributed by atoms with E-state index in [1.54, 1.807) is 103 Å². The maximum absolute atomic E-state index is 11.8. The number of hydrogen-bond donors (Lipinski definition) is 0. The lowest BCUT2D eigenvalue weighted by Crippen LogP contribution is -2.06. The number of terminal acetylenes is 8. The normalized spacial score (nSPS) is 11.5. The second-order valence-corrected chi connectivity index (χ2v) is 31.7. The number of non-ortho nitro benzene ring substituents is 1. The summed E-state index contributed by atoms with van der Waals surface area (Å²) in [7, 11) is 0. The van der Waals surface area contributed by atoms with Gasteiger partial charge in [-0.2, -0.15) is 0 Å². The Kier molecular flexibility index (Phi) is 57.5. The fraction of sp³-hybridized carbons (Fsp3) is 0.327. The summed E-state index contributed by atoms with van der Waals surface area (Å²) in [5.41, 5.74) is 9.75. The number of ketones is 8. The second-order valence-electron chi connectivity index (χ2n) is 30.9. The molecule has 0 aromatic heterocycles. The zero-order valence-corrected chi connectivity index (χ0v) is 74.7.